The van der Waals surface area contributed by atoms with Gasteiger partial charge in [-0.05, 0) is 49.2 Å². The van der Waals surface area contributed by atoms with Crippen LogP contribution >= 0.6 is 0 Å². The Hall–Kier alpha value is -2.53. The zero-order chi connectivity index (χ0) is 17.5. The predicted octanol–water partition coefficient (Wildman–Crippen LogP) is 3.50. The average molecular weight is 341 g/mol. The Morgan fingerprint density at radius 3 is 2.44 bits per heavy atom. The molecule has 0 radical (unpaired) electrons. The van der Waals surface area contributed by atoms with E-state index in [2.05, 4.69) is 0 Å². The molecule has 132 valence electrons. The number of para-hydroxylation sites is 1. The lowest BCUT2D eigenvalue weighted by atomic mass is 10.2. The van der Waals surface area contributed by atoms with Crippen LogP contribution in [0.25, 0.3) is 0 Å². The summed E-state index contributed by atoms with van der Waals surface area (Å²) in [5.74, 6) is 2.09. The summed E-state index contributed by atoms with van der Waals surface area (Å²) in [6.07, 6.45) is 2.24. The second kappa shape index (κ2) is 8.53. The van der Waals surface area contributed by atoms with Gasteiger partial charge in [0.2, 0.25) is 0 Å². The van der Waals surface area contributed by atoms with E-state index in [1.807, 2.05) is 42.5 Å². The Morgan fingerprint density at radius 1 is 1.08 bits per heavy atom. The fraction of sp³-hybridized carbons (Fsp3) is 0.350. The zero-order valence-electron chi connectivity index (χ0n) is 14.4. The van der Waals surface area contributed by atoms with Crippen molar-refractivity contribution < 1.29 is 19.0 Å². The topological polar surface area (TPSA) is 48.0 Å². The van der Waals surface area contributed by atoms with Gasteiger partial charge in [-0.1, -0.05) is 18.2 Å². The standard InChI is InChI=1S/C20H23NO4/c1-21(14-19-8-5-13-23-19)20(22)15-24-16-9-11-18(12-10-16)25-17-6-3-2-4-7-17/h2-4,6-7,9-12,19H,5,8,13-15H2,1H3. The molecule has 1 aliphatic rings. The van der Waals surface area contributed by atoms with Crippen LogP contribution in [0, 0.1) is 0 Å². The van der Waals surface area contributed by atoms with Gasteiger partial charge >= 0.3 is 0 Å². The van der Waals surface area contributed by atoms with E-state index in [4.69, 9.17) is 14.2 Å². The Labute approximate surface area is 148 Å². The van der Waals surface area contributed by atoms with Crippen LogP contribution in [0.3, 0.4) is 0 Å². The summed E-state index contributed by atoms with van der Waals surface area (Å²) >= 11 is 0. The van der Waals surface area contributed by atoms with Crippen molar-refractivity contribution in [3.63, 3.8) is 0 Å². The van der Waals surface area contributed by atoms with Crippen molar-refractivity contribution >= 4 is 5.91 Å². The van der Waals surface area contributed by atoms with Gasteiger partial charge in [0.15, 0.2) is 6.61 Å². The minimum absolute atomic E-state index is 0.0160. The van der Waals surface area contributed by atoms with Crippen LogP contribution in [0.5, 0.6) is 17.2 Å². The molecule has 2 aromatic rings. The van der Waals surface area contributed by atoms with Crippen molar-refractivity contribution in [2.75, 3.05) is 26.8 Å². The van der Waals surface area contributed by atoms with Gasteiger partial charge in [-0.2, -0.15) is 0 Å². The highest BCUT2D eigenvalue weighted by atomic mass is 16.5. The molecule has 5 nitrogen and oxygen atoms in total. The van der Waals surface area contributed by atoms with Crippen LogP contribution < -0.4 is 9.47 Å². The quantitative estimate of drug-likeness (QED) is 0.773. The number of carbonyl (C=O) groups excluding carboxylic acids is 1. The van der Waals surface area contributed by atoms with E-state index in [-0.39, 0.29) is 18.6 Å². The van der Waals surface area contributed by atoms with E-state index in [0.29, 0.717) is 12.3 Å². The van der Waals surface area contributed by atoms with Crippen LogP contribution in [-0.2, 0) is 9.53 Å². The summed E-state index contributed by atoms with van der Waals surface area (Å²) in [5.41, 5.74) is 0. The minimum atomic E-state index is -0.0555. The molecule has 0 aliphatic carbocycles. The van der Waals surface area contributed by atoms with Crippen molar-refractivity contribution in [1.82, 2.24) is 4.90 Å². The van der Waals surface area contributed by atoms with Crippen molar-refractivity contribution in [1.29, 1.82) is 0 Å². The lowest BCUT2D eigenvalue weighted by Crippen LogP contribution is -2.37. The lowest BCUT2D eigenvalue weighted by molar-refractivity contribution is -0.133. The van der Waals surface area contributed by atoms with Crippen LogP contribution in [-0.4, -0.2) is 43.7 Å². The van der Waals surface area contributed by atoms with Crippen molar-refractivity contribution in [2.24, 2.45) is 0 Å². The maximum absolute atomic E-state index is 12.1. The first-order valence-corrected chi connectivity index (χ1v) is 8.52. The zero-order valence-corrected chi connectivity index (χ0v) is 14.4. The number of amides is 1. The smallest absolute Gasteiger partial charge is 0.260 e. The maximum Gasteiger partial charge on any atom is 0.260 e. The highest BCUT2D eigenvalue weighted by molar-refractivity contribution is 5.77. The van der Waals surface area contributed by atoms with Gasteiger partial charge in [0.05, 0.1) is 6.10 Å². The molecule has 1 fully saturated rings. The first-order chi connectivity index (χ1) is 12.2. The number of likely N-dealkylation sites (N-methyl/N-ethyl adjacent to an activating group) is 1. The molecule has 1 amide bonds. The summed E-state index contributed by atoms with van der Waals surface area (Å²) in [6, 6.07) is 16.8. The van der Waals surface area contributed by atoms with Crippen LogP contribution in [0.1, 0.15) is 12.8 Å². The third-order valence-electron chi connectivity index (χ3n) is 4.09. The molecule has 1 aliphatic heterocycles. The van der Waals surface area contributed by atoms with Crippen LogP contribution in [0.2, 0.25) is 0 Å². The van der Waals surface area contributed by atoms with Crippen LogP contribution in [0.15, 0.2) is 54.6 Å². The normalized spacial score (nSPS) is 16.4. The van der Waals surface area contributed by atoms with E-state index in [9.17, 15) is 4.79 Å². The largest absolute Gasteiger partial charge is 0.484 e. The minimum Gasteiger partial charge on any atom is -0.484 e. The monoisotopic (exact) mass is 341 g/mol. The molecule has 2 aromatic carbocycles. The molecule has 0 bridgehead atoms. The summed E-state index contributed by atoms with van der Waals surface area (Å²) in [5, 5.41) is 0. The Balaban J connectivity index is 1.45. The van der Waals surface area contributed by atoms with Crippen molar-refractivity contribution in [3.05, 3.63) is 54.6 Å². The van der Waals surface area contributed by atoms with Gasteiger partial charge in [-0.15, -0.1) is 0 Å². The lowest BCUT2D eigenvalue weighted by Gasteiger charge is -2.20. The summed E-state index contributed by atoms with van der Waals surface area (Å²) in [4.78, 5) is 13.8. The summed E-state index contributed by atoms with van der Waals surface area (Å²) in [7, 11) is 1.78. The Bertz CT molecular complexity index is 666. The molecule has 1 atom stereocenters. The Morgan fingerprint density at radius 2 is 1.76 bits per heavy atom. The molecule has 0 saturated carbocycles. The average Bonchev–Trinajstić information content (AvgIpc) is 3.14. The van der Waals surface area contributed by atoms with Crippen molar-refractivity contribution in [2.45, 2.75) is 18.9 Å². The molecule has 1 heterocycles. The highest BCUT2D eigenvalue weighted by Gasteiger charge is 2.20. The fourth-order valence-electron chi connectivity index (χ4n) is 2.68. The van der Waals surface area contributed by atoms with Crippen LogP contribution in [0.4, 0.5) is 0 Å². The maximum atomic E-state index is 12.1. The molecule has 1 saturated heterocycles. The first kappa shape index (κ1) is 17.3. The van der Waals surface area contributed by atoms with Gasteiger partial charge in [0.25, 0.3) is 5.91 Å². The number of benzene rings is 2. The molecule has 1 unspecified atom stereocenters. The van der Waals surface area contributed by atoms with Gasteiger partial charge in [0, 0.05) is 20.2 Å². The van der Waals surface area contributed by atoms with E-state index < -0.39 is 0 Å². The number of hydrogen-bond donors (Lipinski definition) is 0. The number of carbonyl (C=O) groups is 1. The molecule has 0 N–H and O–H groups in total. The third kappa shape index (κ3) is 5.22. The first-order valence-electron chi connectivity index (χ1n) is 8.52. The van der Waals surface area contributed by atoms with E-state index in [1.165, 1.54) is 0 Å². The number of hydrogen-bond acceptors (Lipinski definition) is 4. The molecule has 0 aromatic heterocycles. The summed E-state index contributed by atoms with van der Waals surface area (Å²) in [6.45, 7) is 1.43. The van der Waals surface area contributed by atoms with Gasteiger partial charge in [-0.25, -0.2) is 0 Å². The number of rotatable bonds is 7. The molecule has 3 rings (SSSR count). The second-order valence-corrected chi connectivity index (χ2v) is 6.08. The molecular weight excluding hydrogens is 318 g/mol. The predicted molar refractivity (Wildman–Crippen MR) is 95.1 cm³/mol. The van der Waals surface area contributed by atoms with Gasteiger partial charge in [-0.3, -0.25) is 4.79 Å². The highest BCUT2D eigenvalue weighted by Crippen LogP contribution is 2.23. The van der Waals surface area contributed by atoms with E-state index >= 15 is 0 Å². The molecule has 0 spiro atoms. The molecule has 5 heteroatoms. The fourth-order valence-corrected chi connectivity index (χ4v) is 2.68. The van der Waals surface area contributed by atoms with Gasteiger partial charge < -0.3 is 19.1 Å². The second-order valence-electron chi connectivity index (χ2n) is 6.08. The Kier molecular flexibility index (Phi) is 5.90. The summed E-state index contributed by atoms with van der Waals surface area (Å²) < 4.78 is 16.8. The van der Waals surface area contributed by atoms with Gasteiger partial charge in [0.1, 0.15) is 17.2 Å². The molecule has 25 heavy (non-hydrogen) atoms. The SMILES string of the molecule is CN(CC1CCCO1)C(=O)COc1ccc(Oc2ccccc2)cc1. The van der Waals surface area contributed by atoms with Crippen molar-refractivity contribution in [3.8, 4) is 17.2 Å². The number of nitrogens with zero attached hydrogens (tertiary/aromatic N) is 1. The number of ether oxygens (including phenoxy) is 3. The molecular formula is C20H23NO4. The van der Waals surface area contributed by atoms with E-state index in [0.717, 1.165) is 30.9 Å². The van der Waals surface area contributed by atoms with E-state index in [1.54, 1.807) is 24.1 Å². The third-order valence-corrected chi connectivity index (χ3v) is 4.09.